The lowest BCUT2D eigenvalue weighted by molar-refractivity contribution is 0.0191. The number of hydrogen-bond acceptors (Lipinski definition) is 9. The highest BCUT2D eigenvalue weighted by Gasteiger charge is 2.48. The highest BCUT2D eigenvalue weighted by molar-refractivity contribution is 7.22. The smallest absolute Gasteiger partial charge is 0.344 e. The fourth-order valence-corrected chi connectivity index (χ4v) is 7.44. The number of fused-ring (bicyclic) bond motifs is 3. The Morgan fingerprint density at radius 1 is 1.10 bits per heavy atom. The Bertz CT molecular complexity index is 1610. The second-order valence-electron chi connectivity index (χ2n) is 10.3. The van der Waals surface area contributed by atoms with Crippen LogP contribution < -0.4 is 4.90 Å². The van der Waals surface area contributed by atoms with Crippen molar-refractivity contribution in [2.45, 2.75) is 43.7 Å². The third-order valence-corrected chi connectivity index (χ3v) is 9.53. The number of rotatable bonds is 6. The molecule has 3 atom stereocenters. The number of thiazole rings is 1. The van der Waals surface area contributed by atoms with Gasteiger partial charge in [0, 0.05) is 36.4 Å². The van der Waals surface area contributed by atoms with Gasteiger partial charge in [-0.2, -0.15) is 0 Å². The summed E-state index contributed by atoms with van der Waals surface area (Å²) < 4.78 is 17.6. The van der Waals surface area contributed by atoms with Crippen LogP contribution in [-0.4, -0.2) is 47.9 Å². The van der Waals surface area contributed by atoms with Gasteiger partial charge in [0.25, 0.3) is 0 Å². The summed E-state index contributed by atoms with van der Waals surface area (Å²) in [5.41, 5.74) is 2.50. The van der Waals surface area contributed by atoms with E-state index in [0.29, 0.717) is 44.6 Å². The van der Waals surface area contributed by atoms with Gasteiger partial charge in [-0.3, -0.25) is 0 Å². The highest BCUT2D eigenvalue weighted by Crippen LogP contribution is 2.48. The molecular formula is C28H23Cl2N3O5S. The Morgan fingerprint density at radius 3 is 2.59 bits per heavy atom. The molecule has 0 amide bonds. The van der Waals surface area contributed by atoms with Crippen LogP contribution in [0.5, 0.6) is 0 Å². The molecule has 8 nitrogen and oxygen atoms in total. The van der Waals surface area contributed by atoms with E-state index in [4.69, 9.17) is 42.2 Å². The van der Waals surface area contributed by atoms with Gasteiger partial charge in [-0.05, 0) is 49.6 Å². The van der Waals surface area contributed by atoms with Crippen molar-refractivity contribution in [1.82, 2.24) is 10.1 Å². The monoisotopic (exact) mass is 583 g/mol. The summed E-state index contributed by atoms with van der Waals surface area (Å²) in [4.78, 5) is 32.6. The van der Waals surface area contributed by atoms with E-state index < -0.39 is 5.97 Å². The number of benzene rings is 2. The molecule has 4 aromatic rings. The van der Waals surface area contributed by atoms with Gasteiger partial charge in [0.15, 0.2) is 10.9 Å². The number of hydrogen-bond donors (Lipinski definition) is 0. The summed E-state index contributed by atoms with van der Waals surface area (Å²) in [7, 11) is 1.37. The van der Waals surface area contributed by atoms with Gasteiger partial charge in [0.2, 0.25) is 0 Å². The molecular weight excluding hydrogens is 561 g/mol. The minimum atomic E-state index is -0.441. The molecule has 39 heavy (non-hydrogen) atoms. The number of carbonyl (C=O) groups is 2. The zero-order chi connectivity index (χ0) is 26.8. The molecule has 0 unspecified atom stereocenters. The van der Waals surface area contributed by atoms with Crippen LogP contribution in [0.3, 0.4) is 0 Å². The van der Waals surface area contributed by atoms with Crippen LogP contribution >= 0.6 is 34.5 Å². The predicted octanol–water partition coefficient (Wildman–Crippen LogP) is 6.75. The SMILES string of the molecule is COC(=O)c1ccc2nc(N3C[C@@H]4C[C@H]3C[C@@H]4OC(=O)c3c(-c4c(Cl)cccc4Cl)noc3C3CC3)sc2c1. The van der Waals surface area contributed by atoms with Gasteiger partial charge in [-0.15, -0.1) is 0 Å². The molecule has 200 valence electrons. The van der Waals surface area contributed by atoms with E-state index >= 15 is 0 Å². The maximum Gasteiger partial charge on any atom is 0.344 e. The molecule has 2 aromatic carbocycles. The third-order valence-electron chi connectivity index (χ3n) is 7.85. The molecule has 2 aliphatic carbocycles. The molecule has 0 spiro atoms. The molecule has 2 saturated carbocycles. The largest absolute Gasteiger partial charge is 0.465 e. The molecule has 2 aromatic heterocycles. The van der Waals surface area contributed by atoms with Crippen molar-refractivity contribution in [1.29, 1.82) is 0 Å². The molecule has 11 heteroatoms. The second-order valence-corrected chi connectivity index (χ2v) is 12.1. The number of halogens is 2. The van der Waals surface area contributed by atoms with Crippen LogP contribution in [0.2, 0.25) is 10.0 Å². The van der Waals surface area contributed by atoms with E-state index in [0.717, 1.165) is 41.2 Å². The molecule has 1 aliphatic heterocycles. The topological polar surface area (TPSA) is 94.8 Å². The summed E-state index contributed by atoms with van der Waals surface area (Å²) >= 11 is 14.5. The predicted molar refractivity (Wildman–Crippen MR) is 148 cm³/mol. The molecule has 1 saturated heterocycles. The van der Waals surface area contributed by atoms with Crippen molar-refractivity contribution < 1.29 is 23.6 Å². The maximum atomic E-state index is 13.6. The lowest BCUT2D eigenvalue weighted by atomic mass is 10.0. The van der Waals surface area contributed by atoms with Crippen LogP contribution in [0.4, 0.5) is 5.13 Å². The molecule has 3 fully saturated rings. The van der Waals surface area contributed by atoms with Gasteiger partial charge in [0.1, 0.15) is 17.4 Å². The first-order valence-corrected chi connectivity index (χ1v) is 14.4. The van der Waals surface area contributed by atoms with Crippen LogP contribution in [0.1, 0.15) is 58.1 Å². The van der Waals surface area contributed by atoms with Crippen LogP contribution in [0.25, 0.3) is 21.5 Å². The van der Waals surface area contributed by atoms with Crippen molar-refractivity contribution in [2.75, 3.05) is 18.6 Å². The molecule has 0 radical (unpaired) electrons. The molecule has 3 aliphatic rings. The summed E-state index contributed by atoms with van der Waals surface area (Å²) in [5, 5.41) is 5.93. The number of anilines is 1. The van der Waals surface area contributed by atoms with E-state index in [2.05, 4.69) is 10.1 Å². The average molecular weight is 584 g/mol. The van der Waals surface area contributed by atoms with Crippen molar-refractivity contribution in [3.63, 3.8) is 0 Å². The lowest BCUT2D eigenvalue weighted by Gasteiger charge is -2.31. The Balaban J connectivity index is 1.10. The highest BCUT2D eigenvalue weighted by atomic mass is 35.5. The fourth-order valence-electron chi connectivity index (χ4n) is 5.78. The molecule has 2 bridgehead atoms. The van der Waals surface area contributed by atoms with Gasteiger partial charge in [0.05, 0.1) is 32.9 Å². The number of methoxy groups -OCH3 is 1. The quantitative estimate of drug-likeness (QED) is 0.230. The fraction of sp³-hybridized carbons (Fsp3) is 0.357. The van der Waals surface area contributed by atoms with Gasteiger partial charge in [-0.1, -0.05) is 45.8 Å². The molecule has 0 N–H and O–H groups in total. The standard InChI is InChI=1S/C28H23Cl2N3O5S/c1-36-26(34)14-7-8-19-21(10-14)39-28(31-19)33-12-15-9-16(33)11-20(15)37-27(35)23-24(32-38-25(23)13-5-6-13)22-17(29)3-2-4-18(22)30/h2-4,7-8,10,13,15-16,20H,5-6,9,11-12H2,1H3/t15-,16-,20-/m0/s1. The Hall–Kier alpha value is -3.14. The van der Waals surface area contributed by atoms with Crippen LogP contribution in [0.15, 0.2) is 40.9 Å². The number of ether oxygens (including phenoxy) is 2. The zero-order valence-electron chi connectivity index (χ0n) is 20.9. The number of carbonyl (C=O) groups excluding carboxylic acids is 2. The summed E-state index contributed by atoms with van der Waals surface area (Å²) in [5.74, 6) is 0.0898. The average Bonchev–Trinajstić information content (AvgIpc) is 3.25. The van der Waals surface area contributed by atoms with E-state index in [1.165, 1.54) is 7.11 Å². The zero-order valence-corrected chi connectivity index (χ0v) is 23.2. The number of nitrogens with zero attached hydrogens (tertiary/aromatic N) is 3. The lowest BCUT2D eigenvalue weighted by Crippen LogP contribution is -2.39. The maximum absolute atomic E-state index is 13.6. The Morgan fingerprint density at radius 2 is 1.90 bits per heavy atom. The normalized spacial score (nSPS) is 22.0. The summed E-state index contributed by atoms with van der Waals surface area (Å²) in [6.45, 7) is 0.745. The van der Waals surface area contributed by atoms with Crippen molar-refractivity contribution in [3.8, 4) is 11.3 Å². The first-order chi connectivity index (χ1) is 18.9. The van der Waals surface area contributed by atoms with Gasteiger partial charge < -0.3 is 18.9 Å². The second kappa shape index (κ2) is 9.50. The van der Waals surface area contributed by atoms with E-state index in [1.807, 2.05) is 12.1 Å². The minimum Gasteiger partial charge on any atom is -0.465 e. The minimum absolute atomic E-state index is 0.157. The van der Waals surface area contributed by atoms with Gasteiger partial charge in [-0.25, -0.2) is 14.6 Å². The summed E-state index contributed by atoms with van der Waals surface area (Å²) in [6.07, 6.45) is 3.31. The third kappa shape index (κ3) is 4.27. The van der Waals surface area contributed by atoms with E-state index in [9.17, 15) is 9.59 Å². The van der Waals surface area contributed by atoms with Crippen LogP contribution in [0, 0.1) is 5.92 Å². The summed E-state index contributed by atoms with van der Waals surface area (Å²) in [6, 6.07) is 10.8. The number of aromatic nitrogens is 2. The number of esters is 2. The molecule has 3 heterocycles. The van der Waals surface area contributed by atoms with E-state index in [1.54, 1.807) is 35.6 Å². The Labute approximate surface area is 237 Å². The van der Waals surface area contributed by atoms with Crippen molar-refractivity contribution in [2.24, 2.45) is 5.92 Å². The Kier molecular flexibility index (Phi) is 6.06. The first kappa shape index (κ1) is 24.9. The van der Waals surface area contributed by atoms with Crippen molar-refractivity contribution in [3.05, 3.63) is 63.3 Å². The first-order valence-electron chi connectivity index (χ1n) is 12.8. The van der Waals surface area contributed by atoms with Crippen LogP contribution in [-0.2, 0) is 9.47 Å². The van der Waals surface area contributed by atoms with Crippen molar-refractivity contribution >= 4 is 61.8 Å². The molecule has 7 rings (SSSR count). The van der Waals surface area contributed by atoms with Gasteiger partial charge >= 0.3 is 11.9 Å². The van der Waals surface area contributed by atoms with E-state index in [-0.39, 0.29) is 30.0 Å². The number of piperidine rings is 1.